The van der Waals surface area contributed by atoms with E-state index in [0.29, 0.717) is 25.2 Å². The van der Waals surface area contributed by atoms with Gasteiger partial charge in [0.25, 0.3) is 0 Å². The van der Waals surface area contributed by atoms with Crippen LogP contribution in [0.3, 0.4) is 0 Å². The lowest BCUT2D eigenvalue weighted by Gasteiger charge is -2.21. The number of hydrogen-bond donors (Lipinski definition) is 2. The first-order valence-electron chi connectivity index (χ1n) is 6.96. The molecule has 0 aromatic heterocycles. The van der Waals surface area contributed by atoms with Crippen LogP contribution in [0.15, 0.2) is 0 Å². The summed E-state index contributed by atoms with van der Waals surface area (Å²) in [7, 11) is 1.65. The molecule has 2 aliphatic heterocycles. The van der Waals surface area contributed by atoms with Crippen LogP contribution in [0.25, 0.3) is 0 Å². The van der Waals surface area contributed by atoms with Crippen LogP contribution >= 0.6 is 0 Å². The molecule has 0 aliphatic carbocycles. The molecule has 0 radical (unpaired) electrons. The Morgan fingerprint density at radius 3 is 3.06 bits per heavy atom. The van der Waals surface area contributed by atoms with E-state index in [2.05, 4.69) is 15.5 Å². The van der Waals surface area contributed by atoms with Gasteiger partial charge < -0.3 is 15.4 Å². The molecule has 18 heavy (non-hydrogen) atoms. The van der Waals surface area contributed by atoms with Crippen LogP contribution in [0.5, 0.6) is 0 Å². The monoisotopic (exact) mass is 255 g/mol. The largest absolute Gasteiger partial charge is 0.383 e. The number of carbonyl (C=O) groups is 1. The van der Waals surface area contributed by atoms with Crippen molar-refractivity contribution in [3.63, 3.8) is 0 Å². The summed E-state index contributed by atoms with van der Waals surface area (Å²) >= 11 is 0. The Morgan fingerprint density at radius 2 is 2.28 bits per heavy atom. The standard InChI is InChI=1S/C13H25N3O2/c1-10(9-18-2)15-13(17)8-14-11-5-7-16-6-3-4-12(11)16/h10-12,14H,3-9H2,1-2H3,(H,15,17). The zero-order chi connectivity index (χ0) is 13.0. The van der Waals surface area contributed by atoms with E-state index in [1.807, 2.05) is 6.92 Å². The van der Waals surface area contributed by atoms with Crippen molar-refractivity contribution < 1.29 is 9.53 Å². The highest BCUT2D eigenvalue weighted by atomic mass is 16.5. The van der Waals surface area contributed by atoms with Gasteiger partial charge in [0.05, 0.1) is 13.2 Å². The van der Waals surface area contributed by atoms with Crippen molar-refractivity contribution in [2.75, 3.05) is 33.4 Å². The van der Waals surface area contributed by atoms with Gasteiger partial charge in [-0.2, -0.15) is 0 Å². The van der Waals surface area contributed by atoms with Crippen LogP contribution in [0.2, 0.25) is 0 Å². The van der Waals surface area contributed by atoms with E-state index in [4.69, 9.17) is 4.74 Å². The van der Waals surface area contributed by atoms with Crippen molar-refractivity contribution in [2.45, 2.75) is 44.3 Å². The number of methoxy groups -OCH3 is 1. The number of rotatable bonds is 6. The molecular weight excluding hydrogens is 230 g/mol. The summed E-state index contributed by atoms with van der Waals surface area (Å²) in [5.41, 5.74) is 0. The van der Waals surface area contributed by atoms with Crippen LogP contribution in [-0.2, 0) is 9.53 Å². The van der Waals surface area contributed by atoms with Crippen LogP contribution in [-0.4, -0.2) is 62.3 Å². The van der Waals surface area contributed by atoms with Crippen LogP contribution in [0.4, 0.5) is 0 Å². The molecule has 5 heteroatoms. The fourth-order valence-electron chi connectivity index (χ4n) is 3.16. The van der Waals surface area contributed by atoms with E-state index in [1.54, 1.807) is 7.11 Å². The average Bonchev–Trinajstić information content (AvgIpc) is 2.89. The minimum absolute atomic E-state index is 0.0657. The summed E-state index contributed by atoms with van der Waals surface area (Å²) in [5.74, 6) is 0.0657. The lowest BCUT2D eigenvalue weighted by atomic mass is 10.1. The molecule has 2 heterocycles. The van der Waals surface area contributed by atoms with Crippen molar-refractivity contribution in [3.8, 4) is 0 Å². The first kappa shape index (κ1) is 13.8. The number of nitrogens with zero attached hydrogens (tertiary/aromatic N) is 1. The highest BCUT2D eigenvalue weighted by Crippen LogP contribution is 2.27. The van der Waals surface area contributed by atoms with E-state index in [0.717, 1.165) is 0 Å². The first-order chi connectivity index (χ1) is 8.70. The van der Waals surface area contributed by atoms with E-state index in [1.165, 1.54) is 32.4 Å². The van der Waals surface area contributed by atoms with E-state index in [9.17, 15) is 4.79 Å². The Hall–Kier alpha value is -0.650. The Balaban J connectivity index is 1.66. The molecule has 0 aromatic rings. The van der Waals surface area contributed by atoms with Gasteiger partial charge in [-0.05, 0) is 32.7 Å². The molecule has 2 N–H and O–H groups in total. The number of hydrogen-bond acceptors (Lipinski definition) is 4. The normalized spacial score (nSPS) is 29.2. The number of carbonyl (C=O) groups excluding carboxylic acids is 1. The SMILES string of the molecule is COCC(C)NC(=O)CNC1CCN2CCCC12. The fraction of sp³-hybridized carbons (Fsp3) is 0.923. The van der Waals surface area contributed by atoms with Gasteiger partial charge in [0.1, 0.15) is 0 Å². The summed E-state index contributed by atoms with van der Waals surface area (Å²) in [5, 5.41) is 6.33. The van der Waals surface area contributed by atoms with Crippen molar-refractivity contribution in [2.24, 2.45) is 0 Å². The first-order valence-corrected chi connectivity index (χ1v) is 6.96. The van der Waals surface area contributed by atoms with Gasteiger partial charge in [-0.1, -0.05) is 0 Å². The maximum absolute atomic E-state index is 11.7. The smallest absolute Gasteiger partial charge is 0.234 e. The van der Waals surface area contributed by atoms with Gasteiger partial charge >= 0.3 is 0 Å². The third-order valence-electron chi connectivity index (χ3n) is 3.95. The summed E-state index contributed by atoms with van der Waals surface area (Å²) < 4.78 is 5.00. The third-order valence-corrected chi connectivity index (χ3v) is 3.95. The van der Waals surface area contributed by atoms with Gasteiger partial charge in [0.2, 0.25) is 5.91 Å². The molecule has 2 rings (SSSR count). The number of ether oxygens (including phenoxy) is 1. The van der Waals surface area contributed by atoms with Gasteiger partial charge in [-0.3, -0.25) is 9.69 Å². The maximum atomic E-state index is 11.7. The summed E-state index contributed by atoms with van der Waals surface area (Å²) in [4.78, 5) is 14.3. The molecular formula is C13H25N3O2. The highest BCUT2D eigenvalue weighted by Gasteiger charge is 2.36. The minimum Gasteiger partial charge on any atom is -0.383 e. The number of amides is 1. The molecule has 3 unspecified atom stereocenters. The third kappa shape index (κ3) is 3.43. The van der Waals surface area contributed by atoms with E-state index in [-0.39, 0.29) is 11.9 Å². The summed E-state index contributed by atoms with van der Waals surface area (Å²) in [6.45, 7) is 5.36. The second-order valence-corrected chi connectivity index (χ2v) is 5.45. The Kier molecular flexibility index (Phi) is 4.97. The van der Waals surface area contributed by atoms with Gasteiger partial charge in [-0.25, -0.2) is 0 Å². The van der Waals surface area contributed by atoms with Gasteiger partial charge in [0.15, 0.2) is 0 Å². The lowest BCUT2D eigenvalue weighted by molar-refractivity contribution is -0.121. The molecule has 2 saturated heterocycles. The predicted octanol–water partition coefficient (Wildman–Crippen LogP) is -0.0362. The van der Waals surface area contributed by atoms with Gasteiger partial charge in [0, 0.05) is 31.8 Å². The Labute approximate surface area is 109 Å². The molecule has 0 saturated carbocycles. The van der Waals surface area contributed by atoms with Gasteiger partial charge in [-0.15, -0.1) is 0 Å². The summed E-state index contributed by atoms with van der Waals surface area (Å²) in [6, 6.07) is 1.24. The molecule has 2 aliphatic rings. The van der Waals surface area contributed by atoms with Crippen molar-refractivity contribution in [1.29, 1.82) is 0 Å². The summed E-state index contributed by atoms with van der Waals surface area (Å²) in [6.07, 6.45) is 3.75. The van der Waals surface area contributed by atoms with Crippen LogP contribution in [0.1, 0.15) is 26.2 Å². The second-order valence-electron chi connectivity index (χ2n) is 5.45. The van der Waals surface area contributed by atoms with Crippen molar-refractivity contribution in [1.82, 2.24) is 15.5 Å². The van der Waals surface area contributed by atoms with E-state index >= 15 is 0 Å². The Morgan fingerprint density at radius 1 is 1.44 bits per heavy atom. The second kappa shape index (κ2) is 6.50. The molecule has 1 amide bonds. The van der Waals surface area contributed by atoms with Crippen LogP contribution < -0.4 is 10.6 Å². The Bertz CT molecular complexity index is 285. The molecule has 0 bridgehead atoms. The molecule has 2 fully saturated rings. The lowest BCUT2D eigenvalue weighted by Crippen LogP contribution is -2.46. The van der Waals surface area contributed by atoms with Crippen molar-refractivity contribution in [3.05, 3.63) is 0 Å². The molecule has 104 valence electrons. The highest BCUT2D eigenvalue weighted by molar-refractivity contribution is 5.78. The van der Waals surface area contributed by atoms with Crippen molar-refractivity contribution >= 4 is 5.91 Å². The predicted molar refractivity (Wildman–Crippen MR) is 70.5 cm³/mol. The number of nitrogens with one attached hydrogen (secondary N) is 2. The minimum atomic E-state index is 0.0657. The molecule has 0 aromatic carbocycles. The van der Waals surface area contributed by atoms with Crippen LogP contribution in [0, 0.1) is 0 Å². The maximum Gasteiger partial charge on any atom is 0.234 e. The zero-order valence-electron chi connectivity index (χ0n) is 11.4. The quantitative estimate of drug-likeness (QED) is 0.699. The number of fused-ring (bicyclic) bond motifs is 1. The molecule has 0 spiro atoms. The average molecular weight is 255 g/mol. The topological polar surface area (TPSA) is 53.6 Å². The zero-order valence-corrected chi connectivity index (χ0v) is 11.4. The fourth-order valence-corrected chi connectivity index (χ4v) is 3.16. The molecule has 5 nitrogen and oxygen atoms in total. The molecule has 3 atom stereocenters. The van der Waals surface area contributed by atoms with E-state index < -0.39 is 0 Å².